The lowest BCUT2D eigenvalue weighted by Gasteiger charge is -2.05. The number of aromatic nitrogens is 1. The van der Waals surface area contributed by atoms with Gasteiger partial charge < -0.3 is 10.4 Å². The van der Waals surface area contributed by atoms with E-state index < -0.39 is 23.4 Å². The van der Waals surface area contributed by atoms with E-state index in [-0.39, 0.29) is 29.6 Å². The standard InChI is InChI=1S/C12H9F3N2O2/c13-8-4-6-3-7(12(19)16-1-2-18)5-17-11(6)10(15)9(8)14/h3-5,18H,1-2H2,(H,16,19). The van der Waals surface area contributed by atoms with Crippen LogP contribution in [-0.2, 0) is 0 Å². The summed E-state index contributed by atoms with van der Waals surface area (Å²) in [6.45, 7) is -0.190. The van der Waals surface area contributed by atoms with Crippen LogP contribution in [0.4, 0.5) is 13.2 Å². The second-order valence-corrected chi connectivity index (χ2v) is 3.76. The molecule has 19 heavy (non-hydrogen) atoms. The maximum atomic E-state index is 13.4. The van der Waals surface area contributed by atoms with Gasteiger partial charge in [0.05, 0.1) is 12.2 Å². The Balaban J connectivity index is 2.46. The molecule has 1 aromatic carbocycles. The molecule has 0 spiro atoms. The van der Waals surface area contributed by atoms with Crippen molar-refractivity contribution in [1.82, 2.24) is 10.3 Å². The molecule has 0 radical (unpaired) electrons. The minimum atomic E-state index is -1.60. The monoisotopic (exact) mass is 270 g/mol. The van der Waals surface area contributed by atoms with Crippen molar-refractivity contribution in [3.63, 3.8) is 0 Å². The SMILES string of the molecule is O=C(NCCO)c1cnc2c(F)c(F)c(F)cc2c1. The number of amides is 1. The number of pyridine rings is 1. The number of nitrogens with one attached hydrogen (secondary N) is 1. The van der Waals surface area contributed by atoms with Crippen molar-refractivity contribution in [3.05, 3.63) is 41.3 Å². The topological polar surface area (TPSA) is 62.2 Å². The number of carbonyl (C=O) groups excluding carboxylic acids is 1. The third kappa shape index (κ3) is 2.50. The summed E-state index contributed by atoms with van der Waals surface area (Å²) in [6.07, 6.45) is 1.05. The highest BCUT2D eigenvalue weighted by atomic mass is 19.2. The van der Waals surface area contributed by atoms with Gasteiger partial charge >= 0.3 is 0 Å². The van der Waals surface area contributed by atoms with Gasteiger partial charge in [0.25, 0.3) is 5.91 Å². The molecular weight excluding hydrogens is 261 g/mol. The van der Waals surface area contributed by atoms with E-state index in [2.05, 4.69) is 10.3 Å². The first-order valence-corrected chi connectivity index (χ1v) is 5.37. The minimum absolute atomic E-state index is 0.0203. The Morgan fingerprint density at radius 1 is 1.26 bits per heavy atom. The molecule has 1 aromatic heterocycles. The molecule has 1 amide bonds. The number of carbonyl (C=O) groups is 1. The number of halogens is 3. The van der Waals surface area contributed by atoms with Crippen molar-refractivity contribution in [2.24, 2.45) is 0 Å². The normalized spacial score (nSPS) is 10.7. The molecule has 0 aliphatic rings. The van der Waals surface area contributed by atoms with Gasteiger partial charge in [-0.3, -0.25) is 9.78 Å². The van der Waals surface area contributed by atoms with Crippen LogP contribution in [0.25, 0.3) is 10.9 Å². The molecule has 2 rings (SSSR count). The Hall–Kier alpha value is -2.15. The first-order chi connectivity index (χ1) is 9.04. The Bertz CT molecular complexity index is 646. The molecule has 0 saturated heterocycles. The highest BCUT2D eigenvalue weighted by Gasteiger charge is 2.16. The summed E-state index contributed by atoms with van der Waals surface area (Å²) in [5.74, 6) is -4.89. The van der Waals surface area contributed by atoms with Gasteiger partial charge in [0.2, 0.25) is 0 Å². The van der Waals surface area contributed by atoms with Crippen LogP contribution in [0.3, 0.4) is 0 Å². The van der Waals surface area contributed by atoms with Gasteiger partial charge in [0, 0.05) is 18.1 Å². The predicted molar refractivity (Wildman–Crippen MR) is 61.0 cm³/mol. The van der Waals surface area contributed by atoms with Gasteiger partial charge in [0.1, 0.15) is 5.52 Å². The summed E-state index contributed by atoms with van der Waals surface area (Å²) in [5, 5.41) is 10.9. The molecule has 100 valence electrons. The van der Waals surface area contributed by atoms with Crippen molar-refractivity contribution in [3.8, 4) is 0 Å². The summed E-state index contributed by atoms with van der Waals surface area (Å²) in [7, 11) is 0. The first kappa shape index (κ1) is 13.3. The molecule has 0 unspecified atom stereocenters. The van der Waals surface area contributed by atoms with Crippen LogP contribution < -0.4 is 5.32 Å². The lowest BCUT2D eigenvalue weighted by molar-refractivity contribution is 0.0944. The van der Waals surface area contributed by atoms with E-state index in [1.807, 2.05) is 0 Å². The maximum absolute atomic E-state index is 13.4. The van der Waals surface area contributed by atoms with Crippen LogP contribution in [0.15, 0.2) is 18.3 Å². The van der Waals surface area contributed by atoms with Crippen molar-refractivity contribution in [2.75, 3.05) is 13.2 Å². The Kier molecular flexibility index (Phi) is 3.66. The van der Waals surface area contributed by atoms with Crippen LogP contribution in [-0.4, -0.2) is 29.1 Å². The van der Waals surface area contributed by atoms with Crippen molar-refractivity contribution < 1.29 is 23.1 Å². The Morgan fingerprint density at radius 3 is 2.68 bits per heavy atom. The van der Waals surface area contributed by atoms with Crippen molar-refractivity contribution >= 4 is 16.8 Å². The minimum Gasteiger partial charge on any atom is -0.395 e. The van der Waals surface area contributed by atoms with Crippen LogP contribution in [0.2, 0.25) is 0 Å². The molecule has 2 N–H and O–H groups in total. The van der Waals surface area contributed by atoms with Crippen LogP contribution in [0, 0.1) is 17.5 Å². The van der Waals surface area contributed by atoms with Gasteiger partial charge in [0.15, 0.2) is 17.5 Å². The molecule has 0 saturated carbocycles. The van der Waals surface area contributed by atoms with E-state index in [1.165, 1.54) is 6.07 Å². The van der Waals surface area contributed by atoms with E-state index in [0.29, 0.717) is 0 Å². The molecule has 4 nitrogen and oxygen atoms in total. The molecule has 0 atom stereocenters. The third-order valence-electron chi connectivity index (χ3n) is 2.47. The molecule has 0 aliphatic carbocycles. The smallest absolute Gasteiger partial charge is 0.252 e. The molecule has 1 heterocycles. The van der Waals surface area contributed by atoms with Crippen LogP contribution in [0.5, 0.6) is 0 Å². The van der Waals surface area contributed by atoms with Gasteiger partial charge in [-0.2, -0.15) is 0 Å². The third-order valence-corrected chi connectivity index (χ3v) is 2.47. The van der Waals surface area contributed by atoms with Crippen molar-refractivity contribution in [1.29, 1.82) is 0 Å². The second kappa shape index (κ2) is 5.23. The summed E-state index contributed by atoms with van der Waals surface area (Å²) in [6, 6.07) is 1.96. The average Bonchev–Trinajstić information content (AvgIpc) is 2.41. The molecule has 0 bridgehead atoms. The van der Waals surface area contributed by atoms with E-state index in [4.69, 9.17) is 5.11 Å². The van der Waals surface area contributed by atoms with Gasteiger partial charge in [-0.25, -0.2) is 13.2 Å². The molecular formula is C12H9F3N2O2. The largest absolute Gasteiger partial charge is 0.395 e. The Morgan fingerprint density at radius 2 is 2.00 bits per heavy atom. The summed E-state index contributed by atoms with van der Waals surface area (Å²) in [4.78, 5) is 15.2. The zero-order valence-electron chi connectivity index (χ0n) is 9.58. The van der Waals surface area contributed by atoms with Crippen molar-refractivity contribution in [2.45, 2.75) is 0 Å². The van der Waals surface area contributed by atoms with Crippen LogP contribution >= 0.6 is 0 Å². The number of aliphatic hydroxyl groups excluding tert-OH is 1. The van der Waals surface area contributed by atoms with E-state index in [9.17, 15) is 18.0 Å². The second-order valence-electron chi connectivity index (χ2n) is 3.76. The number of aliphatic hydroxyl groups is 1. The number of benzene rings is 1. The number of rotatable bonds is 3. The quantitative estimate of drug-likeness (QED) is 0.828. The fourth-order valence-corrected chi connectivity index (χ4v) is 1.58. The van der Waals surface area contributed by atoms with E-state index >= 15 is 0 Å². The Labute approximate surface area is 105 Å². The first-order valence-electron chi connectivity index (χ1n) is 5.37. The highest BCUT2D eigenvalue weighted by molar-refractivity contribution is 5.97. The zero-order valence-corrected chi connectivity index (χ0v) is 9.58. The summed E-state index contributed by atoms with van der Waals surface area (Å²) < 4.78 is 39.4. The zero-order chi connectivity index (χ0) is 14.0. The number of fused-ring (bicyclic) bond motifs is 1. The van der Waals surface area contributed by atoms with Gasteiger partial charge in [-0.05, 0) is 12.1 Å². The lowest BCUT2D eigenvalue weighted by Crippen LogP contribution is -2.26. The predicted octanol–water partition coefficient (Wildman–Crippen LogP) is 1.37. The summed E-state index contributed by atoms with van der Waals surface area (Å²) >= 11 is 0. The van der Waals surface area contributed by atoms with Gasteiger partial charge in [-0.15, -0.1) is 0 Å². The van der Waals surface area contributed by atoms with Crippen LogP contribution in [0.1, 0.15) is 10.4 Å². The fraction of sp³-hybridized carbons (Fsp3) is 0.167. The number of hydrogen-bond acceptors (Lipinski definition) is 3. The van der Waals surface area contributed by atoms with E-state index in [0.717, 1.165) is 12.3 Å². The number of hydrogen-bond donors (Lipinski definition) is 2. The molecule has 2 aromatic rings. The molecule has 7 heteroatoms. The lowest BCUT2D eigenvalue weighted by atomic mass is 10.1. The summed E-state index contributed by atoms with van der Waals surface area (Å²) in [5.41, 5.74) is -0.288. The molecule has 0 aliphatic heterocycles. The molecule has 0 fully saturated rings. The van der Waals surface area contributed by atoms with Gasteiger partial charge in [-0.1, -0.05) is 0 Å². The fourth-order valence-electron chi connectivity index (χ4n) is 1.58. The maximum Gasteiger partial charge on any atom is 0.252 e. The number of nitrogens with zero attached hydrogens (tertiary/aromatic N) is 1. The highest BCUT2D eigenvalue weighted by Crippen LogP contribution is 2.21. The average molecular weight is 270 g/mol. The van der Waals surface area contributed by atoms with E-state index in [1.54, 1.807) is 0 Å².